The van der Waals surface area contributed by atoms with Crippen molar-refractivity contribution < 1.29 is 4.79 Å². The fraction of sp³-hybridized carbons (Fsp3) is 0.118. The molecule has 3 rings (SSSR count). The van der Waals surface area contributed by atoms with Crippen LogP contribution in [0.5, 0.6) is 0 Å². The zero-order valence-corrected chi connectivity index (χ0v) is 11.7. The number of rotatable bonds is 3. The van der Waals surface area contributed by atoms with Gasteiger partial charge < -0.3 is 5.32 Å². The van der Waals surface area contributed by atoms with Gasteiger partial charge in [-0.25, -0.2) is 4.98 Å². The Kier molecular flexibility index (Phi) is 3.60. The molecule has 0 aliphatic rings. The first-order valence-electron chi connectivity index (χ1n) is 6.78. The van der Waals surface area contributed by atoms with Gasteiger partial charge in [0.2, 0.25) is 0 Å². The Bertz CT molecular complexity index is 799. The van der Waals surface area contributed by atoms with Crippen molar-refractivity contribution in [3.8, 4) is 0 Å². The first-order valence-corrected chi connectivity index (χ1v) is 6.78. The van der Waals surface area contributed by atoms with E-state index in [9.17, 15) is 4.79 Å². The molecule has 21 heavy (non-hydrogen) atoms. The van der Waals surface area contributed by atoms with Gasteiger partial charge in [0.05, 0.1) is 29.5 Å². The molecule has 1 aromatic heterocycles. The summed E-state index contributed by atoms with van der Waals surface area (Å²) in [6.07, 6.45) is 1.69. The number of aromatic nitrogens is 2. The van der Waals surface area contributed by atoms with Crippen LogP contribution in [0, 0.1) is 6.92 Å². The topological polar surface area (TPSA) is 54.9 Å². The maximum atomic E-state index is 12.1. The van der Waals surface area contributed by atoms with Crippen molar-refractivity contribution in [1.82, 2.24) is 15.3 Å². The maximum absolute atomic E-state index is 12.1. The monoisotopic (exact) mass is 277 g/mol. The molecular formula is C17H15N3O. The highest BCUT2D eigenvalue weighted by atomic mass is 16.1. The summed E-state index contributed by atoms with van der Waals surface area (Å²) in [5.41, 5.74) is 4.15. The van der Waals surface area contributed by atoms with E-state index in [0.717, 1.165) is 22.3 Å². The summed E-state index contributed by atoms with van der Waals surface area (Å²) in [5.74, 6) is -0.103. The Morgan fingerprint density at radius 2 is 1.90 bits per heavy atom. The van der Waals surface area contributed by atoms with Crippen molar-refractivity contribution in [2.75, 3.05) is 0 Å². The van der Waals surface area contributed by atoms with Crippen molar-refractivity contribution >= 4 is 16.9 Å². The third-order valence-corrected chi connectivity index (χ3v) is 3.21. The standard InChI is InChI=1S/C17H15N3O/c1-12-5-4-6-13(9-12)17(21)19-11-14-10-18-15-7-2-3-8-16(15)20-14/h2-10H,11H2,1H3,(H,19,21). The highest BCUT2D eigenvalue weighted by Gasteiger charge is 2.06. The molecule has 4 heteroatoms. The van der Waals surface area contributed by atoms with Gasteiger partial charge in [0.1, 0.15) is 0 Å². The van der Waals surface area contributed by atoms with Crippen LogP contribution < -0.4 is 5.32 Å². The van der Waals surface area contributed by atoms with Crippen molar-refractivity contribution in [2.45, 2.75) is 13.5 Å². The molecule has 4 nitrogen and oxygen atoms in total. The molecule has 3 aromatic rings. The van der Waals surface area contributed by atoms with Gasteiger partial charge in [-0.2, -0.15) is 0 Å². The van der Waals surface area contributed by atoms with Crippen LogP contribution >= 0.6 is 0 Å². The molecule has 0 radical (unpaired) electrons. The number of nitrogens with one attached hydrogen (secondary N) is 1. The van der Waals surface area contributed by atoms with Crippen LogP contribution in [0.4, 0.5) is 0 Å². The molecule has 0 aliphatic carbocycles. The molecule has 0 atom stereocenters. The minimum Gasteiger partial charge on any atom is -0.346 e. The van der Waals surface area contributed by atoms with E-state index in [2.05, 4.69) is 15.3 Å². The largest absolute Gasteiger partial charge is 0.346 e. The molecule has 104 valence electrons. The van der Waals surface area contributed by atoms with Gasteiger partial charge in [0.25, 0.3) is 5.91 Å². The Balaban J connectivity index is 1.72. The predicted molar refractivity (Wildman–Crippen MR) is 81.9 cm³/mol. The lowest BCUT2D eigenvalue weighted by molar-refractivity contribution is 0.0950. The maximum Gasteiger partial charge on any atom is 0.251 e. The van der Waals surface area contributed by atoms with Gasteiger partial charge in [0, 0.05) is 5.56 Å². The molecule has 0 fully saturated rings. The first-order chi connectivity index (χ1) is 10.2. The number of benzene rings is 2. The van der Waals surface area contributed by atoms with Crippen LogP contribution in [0.25, 0.3) is 11.0 Å². The van der Waals surface area contributed by atoms with E-state index in [1.807, 2.05) is 49.4 Å². The van der Waals surface area contributed by atoms with Gasteiger partial charge in [-0.15, -0.1) is 0 Å². The molecule has 0 saturated carbocycles. The summed E-state index contributed by atoms with van der Waals surface area (Å²) in [6.45, 7) is 2.33. The number of carbonyl (C=O) groups is 1. The normalized spacial score (nSPS) is 10.5. The smallest absolute Gasteiger partial charge is 0.251 e. The van der Waals surface area contributed by atoms with Gasteiger partial charge >= 0.3 is 0 Å². The number of hydrogen-bond donors (Lipinski definition) is 1. The second kappa shape index (κ2) is 5.71. The number of carbonyl (C=O) groups excluding carboxylic acids is 1. The number of hydrogen-bond acceptors (Lipinski definition) is 3. The fourth-order valence-corrected chi connectivity index (χ4v) is 2.14. The molecule has 2 aromatic carbocycles. The van der Waals surface area contributed by atoms with Crippen LogP contribution in [0.3, 0.4) is 0 Å². The van der Waals surface area contributed by atoms with E-state index in [1.165, 1.54) is 0 Å². The van der Waals surface area contributed by atoms with Gasteiger partial charge in [0.15, 0.2) is 0 Å². The van der Waals surface area contributed by atoms with Crippen LogP contribution in [0.15, 0.2) is 54.7 Å². The van der Waals surface area contributed by atoms with Crippen LogP contribution in [0.1, 0.15) is 21.6 Å². The average Bonchev–Trinajstić information content (AvgIpc) is 2.52. The molecule has 0 aliphatic heterocycles. The SMILES string of the molecule is Cc1cccc(C(=O)NCc2cnc3ccccc3n2)c1. The van der Waals surface area contributed by atoms with Crippen LogP contribution in [-0.4, -0.2) is 15.9 Å². The summed E-state index contributed by atoms with van der Waals surface area (Å²) in [4.78, 5) is 20.9. The van der Waals surface area contributed by atoms with Gasteiger partial charge in [-0.1, -0.05) is 29.8 Å². The second-order valence-electron chi connectivity index (χ2n) is 4.90. The number of para-hydroxylation sites is 2. The van der Waals surface area contributed by atoms with Gasteiger partial charge in [-0.05, 0) is 31.2 Å². The summed E-state index contributed by atoms with van der Waals surface area (Å²) >= 11 is 0. The van der Waals surface area contributed by atoms with Crippen molar-refractivity contribution in [3.05, 3.63) is 71.5 Å². The fourth-order valence-electron chi connectivity index (χ4n) is 2.14. The van der Waals surface area contributed by atoms with Crippen LogP contribution in [0.2, 0.25) is 0 Å². The molecule has 0 unspecified atom stereocenters. The van der Waals surface area contributed by atoms with Crippen molar-refractivity contribution in [2.24, 2.45) is 0 Å². The average molecular weight is 277 g/mol. The predicted octanol–water partition coefficient (Wildman–Crippen LogP) is 2.87. The zero-order chi connectivity index (χ0) is 14.7. The summed E-state index contributed by atoms with van der Waals surface area (Å²) < 4.78 is 0. The number of amides is 1. The zero-order valence-electron chi connectivity index (χ0n) is 11.7. The van der Waals surface area contributed by atoms with E-state index in [1.54, 1.807) is 12.3 Å². The van der Waals surface area contributed by atoms with Crippen molar-refractivity contribution in [1.29, 1.82) is 0 Å². The summed E-state index contributed by atoms with van der Waals surface area (Å²) in [7, 11) is 0. The minimum atomic E-state index is -0.103. The van der Waals surface area contributed by atoms with E-state index in [-0.39, 0.29) is 5.91 Å². The molecule has 0 bridgehead atoms. The minimum absolute atomic E-state index is 0.103. The highest BCUT2D eigenvalue weighted by molar-refractivity contribution is 5.94. The molecular weight excluding hydrogens is 262 g/mol. The third kappa shape index (κ3) is 3.05. The molecule has 1 N–H and O–H groups in total. The number of aryl methyl sites for hydroxylation is 1. The molecule has 1 amide bonds. The number of fused-ring (bicyclic) bond motifs is 1. The molecule has 0 saturated heterocycles. The second-order valence-corrected chi connectivity index (χ2v) is 4.90. The van der Waals surface area contributed by atoms with Crippen LogP contribution in [-0.2, 0) is 6.54 Å². The Labute approximate surface area is 122 Å². The number of nitrogens with zero attached hydrogens (tertiary/aromatic N) is 2. The lowest BCUT2D eigenvalue weighted by atomic mass is 10.1. The Hall–Kier alpha value is -2.75. The van der Waals surface area contributed by atoms with E-state index in [4.69, 9.17) is 0 Å². The summed E-state index contributed by atoms with van der Waals surface area (Å²) in [6, 6.07) is 15.2. The lowest BCUT2D eigenvalue weighted by Crippen LogP contribution is -2.23. The Morgan fingerprint density at radius 3 is 2.71 bits per heavy atom. The van der Waals surface area contributed by atoms with E-state index < -0.39 is 0 Å². The highest BCUT2D eigenvalue weighted by Crippen LogP contribution is 2.09. The Morgan fingerprint density at radius 1 is 1.10 bits per heavy atom. The summed E-state index contributed by atoms with van der Waals surface area (Å²) in [5, 5.41) is 2.87. The van der Waals surface area contributed by atoms with Gasteiger partial charge in [-0.3, -0.25) is 9.78 Å². The first kappa shape index (κ1) is 13.2. The van der Waals surface area contributed by atoms with E-state index >= 15 is 0 Å². The quantitative estimate of drug-likeness (QED) is 0.801. The lowest BCUT2D eigenvalue weighted by Gasteiger charge is -2.06. The molecule has 0 spiro atoms. The molecule has 1 heterocycles. The van der Waals surface area contributed by atoms with E-state index in [0.29, 0.717) is 12.1 Å². The van der Waals surface area contributed by atoms with Crippen molar-refractivity contribution in [3.63, 3.8) is 0 Å². The third-order valence-electron chi connectivity index (χ3n) is 3.21.